The number of hydrogen-bond acceptors (Lipinski definition) is 3. The van der Waals surface area contributed by atoms with E-state index >= 15 is 0 Å². The molecule has 0 N–H and O–H groups in total. The third-order valence-electron chi connectivity index (χ3n) is 0.542. The Bertz CT molecular complexity index is 246. The molecule has 1 rings (SSSR count). The lowest BCUT2D eigenvalue weighted by Crippen LogP contribution is -1.79. The van der Waals surface area contributed by atoms with Gasteiger partial charge in [0.1, 0.15) is 10.9 Å². The van der Waals surface area contributed by atoms with Crippen LogP contribution in [0.3, 0.4) is 0 Å². The molecule has 0 aliphatic heterocycles. The van der Waals surface area contributed by atoms with Crippen LogP contribution < -0.4 is 4.74 Å². The van der Waals surface area contributed by atoms with Crippen molar-refractivity contribution >= 4 is 15.9 Å². The predicted molar refractivity (Wildman–Crippen MR) is 30.8 cm³/mol. The van der Waals surface area contributed by atoms with E-state index < -0.39 is 7.04 Å². The van der Waals surface area contributed by atoms with Gasteiger partial charge in [-0.2, -0.15) is 4.98 Å². The van der Waals surface area contributed by atoms with Gasteiger partial charge < -0.3 is 9.15 Å². The van der Waals surface area contributed by atoms with E-state index in [1.165, 1.54) is 6.26 Å². The lowest BCUT2D eigenvalue weighted by Gasteiger charge is -1.83. The van der Waals surface area contributed by atoms with E-state index in [0.29, 0.717) is 4.60 Å². The van der Waals surface area contributed by atoms with Gasteiger partial charge in [-0.25, -0.2) is 0 Å². The highest BCUT2D eigenvalue weighted by Gasteiger charge is 1.96. The Labute approximate surface area is 59.0 Å². The Morgan fingerprint density at radius 3 is 3.50 bits per heavy atom. The maximum absolute atomic E-state index is 6.67. The molecule has 0 aliphatic carbocycles. The maximum atomic E-state index is 6.67. The molecule has 44 valence electrons. The molecule has 1 aromatic heterocycles. The van der Waals surface area contributed by atoms with E-state index in [-0.39, 0.29) is 6.08 Å². The summed E-state index contributed by atoms with van der Waals surface area (Å²) in [5, 5.41) is 0. The molecule has 0 saturated carbocycles. The van der Waals surface area contributed by atoms with Crippen LogP contribution in [0.25, 0.3) is 0 Å². The van der Waals surface area contributed by atoms with Crippen LogP contribution in [-0.4, -0.2) is 12.0 Å². The Morgan fingerprint density at radius 1 is 2.12 bits per heavy atom. The van der Waals surface area contributed by atoms with Gasteiger partial charge in [-0.15, -0.1) is 0 Å². The highest BCUT2D eigenvalue weighted by molar-refractivity contribution is 9.10. The van der Waals surface area contributed by atoms with Gasteiger partial charge in [-0.05, 0) is 15.9 Å². The Hall–Kier alpha value is -0.510. The van der Waals surface area contributed by atoms with Crippen molar-refractivity contribution in [3.63, 3.8) is 0 Å². The van der Waals surface area contributed by atoms with Gasteiger partial charge >= 0.3 is 6.08 Å². The minimum Gasteiger partial charge on any atom is -0.453 e. The van der Waals surface area contributed by atoms with Crippen molar-refractivity contribution < 1.29 is 13.3 Å². The van der Waals surface area contributed by atoms with Gasteiger partial charge in [0.25, 0.3) is 0 Å². The van der Waals surface area contributed by atoms with E-state index in [4.69, 9.17) is 4.11 Å². The number of hydrogen-bond donors (Lipinski definition) is 0. The van der Waals surface area contributed by atoms with Crippen LogP contribution in [0.2, 0.25) is 0 Å². The highest BCUT2D eigenvalue weighted by Crippen LogP contribution is 2.13. The molecule has 0 spiro atoms. The third-order valence-corrected chi connectivity index (χ3v) is 0.907. The number of methoxy groups -OCH3 is 1. The first-order chi connectivity index (χ1) is 4.97. The van der Waals surface area contributed by atoms with Crippen LogP contribution in [0, 0.1) is 0 Å². The van der Waals surface area contributed by atoms with Crippen LogP contribution in [0.4, 0.5) is 0 Å². The van der Waals surface area contributed by atoms with Crippen molar-refractivity contribution in [1.82, 2.24) is 4.98 Å². The van der Waals surface area contributed by atoms with Crippen LogP contribution in [0.5, 0.6) is 6.08 Å². The quantitative estimate of drug-likeness (QED) is 0.657. The second kappa shape index (κ2) is 2.17. The molecule has 4 heteroatoms. The zero-order chi connectivity index (χ0) is 8.48. The molecule has 0 bridgehead atoms. The predicted octanol–water partition coefficient (Wildman–Crippen LogP) is 1.45. The Morgan fingerprint density at radius 2 is 3.00 bits per heavy atom. The second-order valence-electron chi connectivity index (χ2n) is 1.04. The van der Waals surface area contributed by atoms with Crippen LogP contribution in [-0.2, 0) is 0 Å². The number of halogens is 1. The van der Waals surface area contributed by atoms with Crippen molar-refractivity contribution in [3.05, 3.63) is 10.9 Å². The molecule has 0 aromatic carbocycles. The molecular formula is C4H4BrNO2. The molecule has 0 saturated heterocycles. The molecule has 0 unspecified atom stereocenters. The standard InChI is InChI=1S/C4H4BrNO2/c1-7-4-6-3(5)2-8-4/h2H,1H3/i1D3. The van der Waals surface area contributed by atoms with E-state index in [9.17, 15) is 0 Å². The minimum atomic E-state index is -2.51. The summed E-state index contributed by atoms with van der Waals surface area (Å²) < 4.78 is 29.3. The first-order valence-electron chi connectivity index (χ1n) is 3.27. The largest absolute Gasteiger partial charge is 0.453 e. The highest BCUT2D eigenvalue weighted by atomic mass is 79.9. The first-order valence-corrected chi connectivity index (χ1v) is 2.57. The fourth-order valence-corrected chi connectivity index (χ4v) is 0.524. The lowest BCUT2D eigenvalue weighted by atomic mass is 11.0. The van der Waals surface area contributed by atoms with Crippen molar-refractivity contribution in [2.75, 3.05) is 7.04 Å². The van der Waals surface area contributed by atoms with Crippen molar-refractivity contribution in [3.8, 4) is 6.08 Å². The average molecular weight is 181 g/mol. The molecule has 0 fully saturated rings. The number of aromatic nitrogens is 1. The zero-order valence-electron chi connectivity index (χ0n) is 6.72. The fourth-order valence-electron chi connectivity index (χ4n) is 0.286. The SMILES string of the molecule is [2H]C([2H])([2H])Oc1nc(Br)co1. The maximum Gasteiger partial charge on any atom is 0.394 e. The first kappa shape index (κ1) is 2.87. The fraction of sp³-hybridized carbons (Fsp3) is 0.250. The summed E-state index contributed by atoms with van der Waals surface area (Å²) in [6, 6.07) is 0. The molecule has 0 amide bonds. The summed E-state index contributed by atoms with van der Waals surface area (Å²) in [5.41, 5.74) is 0. The molecule has 0 atom stereocenters. The summed E-state index contributed by atoms with van der Waals surface area (Å²) in [6.07, 6.45) is 0.970. The van der Waals surface area contributed by atoms with Crippen molar-refractivity contribution in [2.45, 2.75) is 0 Å². The van der Waals surface area contributed by atoms with Gasteiger partial charge in [0, 0.05) is 0 Å². The summed E-state index contributed by atoms with van der Waals surface area (Å²) in [5.74, 6) is 0. The Balaban J connectivity index is 2.65. The molecule has 8 heavy (non-hydrogen) atoms. The molecule has 3 nitrogen and oxygen atoms in total. The molecule has 1 heterocycles. The topological polar surface area (TPSA) is 35.3 Å². The summed E-state index contributed by atoms with van der Waals surface area (Å²) in [4.78, 5) is 3.56. The van der Waals surface area contributed by atoms with E-state index in [0.717, 1.165) is 0 Å². The summed E-state index contributed by atoms with van der Waals surface area (Å²) >= 11 is 2.97. The monoisotopic (exact) mass is 180 g/mol. The van der Waals surface area contributed by atoms with E-state index in [2.05, 4.69) is 30.1 Å². The Kier molecular flexibility index (Phi) is 0.778. The van der Waals surface area contributed by atoms with E-state index in [1.54, 1.807) is 0 Å². The smallest absolute Gasteiger partial charge is 0.394 e. The average Bonchev–Trinajstić information content (AvgIpc) is 2.10. The lowest BCUT2D eigenvalue weighted by molar-refractivity contribution is 0.290. The molecule has 0 aliphatic rings. The van der Waals surface area contributed by atoms with Gasteiger partial charge in [0.2, 0.25) is 0 Å². The van der Waals surface area contributed by atoms with Gasteiger partial charge in [-0.3, -0.25) is 0 Å². The van der Waals surface area contributed by atoms with Crippen molar-refractivity contribution in [2.24, 2.45) is 0 Å². The van der Waals surface area contributed by atoms with Crippen molar-refractivity contribution in [1.29, 1.82) is 0 Å². The van der Waals surface area contributed by atoms with Crippen LogP contribution in [0.1, 0.15) is 4.11 Å². The van der Waals surface area contributed by atoms with Crippen LogP contribution in [0.15, 0.2) is 15.3 Å². The minimum absolute atomic E-state index is 0.267. The van der Waals surface area contributed by atoms with Crippen LogP contribution >= 0.6 is 15.9 Å². The number of oxazole rings is 1. The summed E-state index contributed by atoms with van der Waals surface area (Å²) in [7, 11) is -2.51. The van der Waals surface area contributed by atoms with Gasteiger partial charge in [-0.1, -0.05) is 0 Å². The van der Waals surface area contributed by atoms with E-state index in [1.807, 2.05) is 0 Å². The third kappa shape index (κ3) is 1.01. The second-order valence-corrected chi connectivity index (χ2v) is 1.85. The zero-order valence-corrected chi connectivity index (χ0v) is 5.31. The molecular weight excluding hydrogens is 174 g/mol. The normalized spacial score (nSPS) is 16.4. The molecule has 1 aromatic rings. The van der Waals surface area contributed by atoms with Gasteiger partial charge in [0.05, 0.1) is 11.2 Å². The molecule has 0 radical (unpaired) electrons. The number of ether oxygens (including phenoxy) is 1. The van der Waals surface area contributed by atoms with Gasteiger partial charge in [0.15, 0.2) is 0 Å². The number of rotatable bonds is 1. The number of nitrogens with zero attached hydrogens (tertiary/aromatic N) is 1. The summed E-state index contributed by atoms with van der Waals surface area (Å²) in [6.45, 7) is 0.